The summed E-state index contributed by atoms with van der Waals surface area (Å²) in [7, 11) is 0. The van der Waals surface area contributed by atoms with E-state index in [0.29, 0.717) is 18.7 Å². The number of halogens is 1. The number of nitrogens with one attached hydrogen (secondary N) is 2. The van der Waals surface area contributed by atoms with Crippen molar-refractivity contribution in [3.8, 4) is 0 Å². The lowest BCUT2D eigenvalue weighted by molar-refractivity contribution is 0.0523. The first-order valence-corrected chi connectivity index (χ1v) is 6.71. The number of amides is 1. The highest BCUT2D eigenvalue weighted by molar-refractivity contribution is 5.67. The lowest BCUT2D eigenvalue weighted by Gasteiger charge is -2.21. The van der Waals surface area contributed by atoms with Crippen LogP contribution in [0.3, 0.4) is 0 Å². The van der Waals surface area contributed by atoms with Crippen LogP contribution in [0.15, 0.2) is 24.3 Å². The fraction of sp³-hybridized carbons (Fsp3) is 0.533. The Bertz CT molecular complexity index is 444. The van der Waals surface area contributed by atoms with Gasteiger partial charge in [0.05, 0.1) is 0 Å². The van der Waals surface area contributed by atoms with Gasteiger partial charge >= 0.3 is 6.09 Å². The van der Waals surface area contributed by atoms with Crippen molar-refractivity contribution >= 4 is 6.09 Å². The van der Waals surface area contributed by atoms with Crippen molar-refractivity contribution in [1.29, 1.82) is 0 Å². The molecule has 0 aliphatic carbocycles. The molecule has 0 fully saturated rings. The molecule has 0 radical (unpaired) electrons. The van der Waals surface area contributed by atoms with Crippen LogP contribution < -0.4 is 10.6 Å². The smallest absolute Gasteiger partial charge is 0.407 e. The van der Waals surface area contributed by atoms with Crippen molar-refractivity contribution in [3.05, 3.63) is 35.6 Å². The number of rotatable bonds is 5. The fourth-order valence-electron chi connectivity index (χ4n) is 1.55. The minimum Gasteiger partial charge on any atom is -0.444 e. The highest BCUT2D eigenvalue weighted by Gasteiger charge is 2.16. The van der Waals surface area contributed by atoms with E-state index < -0.39 is 11.7 Å². The van der Waals surface area contributed by atoms with E-state index in [2.05, 4.69) is 10.6 Å². The zero-order valence-corrected chi connectivity index (χ0v) is 12.5. The molecule has 2 N–H and O–H groups in total. The van der Waals surface area contributed by atoms with E-state index in [1.807, 2.05) is 27.7 Å². The molecule has 1 aromatic rings. The first-order chi connectivity index (χ1) is 9.28. The molecule has 1 aromatic carbocycles. The maximum Gasteiger partial charge on any atom is 0.407 e. The van der Waals surface area contributed by atoms with Crippen LogP contribution in [-0.4, -0.2) is 24.3 Å². The summed E-state index contributed by atoms with van der Waals surface area (Å²) < 4.78 is 18.5. The highest BCUT2D eigenvalue weighted by atomic mass is 19.1. The molecule has 5 heteroatoms. The Morgan fingerprint density at radius 1 is 1.35 bits per heavy atom. The Labute approximate surface area is 119 Å². The van der Waals surface area contributed by atoms with Crippen molar-refractivity contribution in [3.63, 3.8) is 0 Å². The van der Waals surface area contributed by atoms with Gasteiger partial charge in [0.15, 0.2) is 0 Å². The van der Waals surface area contributed by atoms with E-state index >= 15 is 0 Å². The summed E-state index contributed by atoms with van der Waals surface area (Å²) in [4.78, 5) is 11.5. The number of carbonyl (C=O) groups excluding carboxylic acids is 1. The average Bonchev–Trinajstić information content (AvgIpc) is 2.33. The van der Waals surface area contributed by atoms with E-state index in [9.17, 15) is 9.18 Å². The van der Waals surface area contributed by atoms with E-state index in [1.54, 1.807) is 18.2 Å². The standard InChI is InChI=1S/C15H23FN2O2/c1-11(9-18-14(19)20-15(2,3)4)17-10-12-7-5-6-8-13(12)16/h5-8,11,17H,9-10H2,1-4H3,(H,18,19). The molecule has 0 aliphatic rings. The quantitative estimate of drug-likeness (QED) is 0.873. The van der Waals surface area contributed by atoms with Crippen LogP contribution in [-0.2, 0) is 11.3 Å². The van der Waals surface area contributed by atoms with Gasteiger partial charge < -0.3 is 15.4 Å². The second-order valence-electron chi connectivity index (χ2n) is 5.76. The van der Waals surface area contributed by atoms with E-state index in [4.69, 9.17) is 4.74 Å². The molecule has 0 aromatic heterocycles. The van der Waals surface area contributed by atoms with Crippen molar-refractivity contribution in [2.45, 2.75) is 45.9 Å². The molecular weight excluding hydrogens is 259 g/mol. The molecule has 1 amide bonds. The molecule has 1 rings (SSSR count). The first-order valence-electron chi connectivity index (χ1n) is 6.71. The van der Waals surface area contributed by atoms with Crippen LogP contribution in [0.1, 0.15) is 33.3 Å². The third-order valence-electron chi connectivity index (χ3n) is 2.55. The monoisotopic (exact) mass is 282 g/mol. The Kier molecular flexibility index (Phi) is 5.95. The molecule has 0 aliphatic heterocycles. The first kappa shape index (κ1) is 16.4. The van der Waals surface area contributed by atoms with Crippen LogP contribution in [0, 0.1) is 5.82 Å². The van der Waals surface area contributed by atoms with Crippen molar-refractivity contribution in [1.82, 2.24) is 10.6 Å². The van der Waals surface area contributed by atoms with Crippen LogP contribution >= 0.6 is 0 Å². The summed E-state index contributed by atoms with van der Waals surface area (Å²) >= 11 is 0. The van der Waals surface area contributed by atoms with Gasteiger partial charge in [-0.2, -0.15) is 0 Å². The lowest BCUT2D eigenvalue weighted by Crippen LogP contribution is -2.41. The molecular formula is C15H23FN2O2. The molecule has 112 valence electrons. The van der Waals surface area contributed by atoms with Gasteiger partial charge in [0.2, 0.25) is 0 Å². The lowest BCUT2D eigenvalue weighted by atomic mass is 10.2. The zero-order valence-electron chi connectivity index (χ0n) is 12.5. The predicted molar refractivity (Wildman–Crippen MR) is 76.9 cm³/mol. The number of hydrogen-bond acceptors (Lipinski definition) is 3. The Morgan fingerprint density at radius 3 is 2.60 bits per heavy atom. The third kappa shape index (κ3) is 6.52. The molecule has 0 spiro atoms. The minimum absolute atomic E-state index is 0.0159. The van der Waals surface area contributed by atoms with Gasteiger partial charge in [0, 0.05) is 24.7 Å². The van der Waals surface area contributed by atoms with Gasteiger partial charge in [-0.1, -0.05) is 18.2 Å². The molecule has 1 unspecified atom stereocenters. The average molecular weight is 282 g/mol. The van der Waals surface area contributed by atoms with E-state index in [0.717, 1.165) is 0 Å². The Morgan fingerprint density at radius 2 is 2.00 bits per heavy atom. The molecule has 0 bridgehead atoms. The van der Waals surface area contributed by atoms with Gasteiger partial charge in [-0.15, -0.1) is 0 Å². The third-order valence-corrected chi connectivity index (χ3v) is 2.55. The predicted octanol–water partition coefficient (Wildman–Crippen LogP) is 2.83. The highest BCUT2D eigenvalue weighted by Crippen LogP contribution is 2.07. The summed E-state index contributed by atoms with van der Waals surface area (Å²) in [5, 5.41) is 5.82. The van der Waals surface area contributed by atoms with Crippen LogP contribution in [0.2, 0.25) is 0 Å². The summed E-state index contributed by atoms with van der Waals surface area (Å²) in [5.74, 6) is -0.229. The summed E-state index contributed by atoms with van der Waals surface area (Å²) in [6.45, 7) is 8.19. The van der Waals surface area contributed by atoms with Gasteiger partial charge in [0.25, 0.3) is 0 Å². The van der Waals surface area contributed by atoms with Gasteiger partial charge in [-0.25, -0.2) is 9.18 Å². The van der Waals surface area contributed by atoms with Crippen molar-refractivity contribution in [2.24, 2.45) is 0 Å². The maximum atomic E-state index is 13.4. The van der Waals surface area contributed by atoms with E-state index in [-0.39, 0.29) is 11.9 Å². The zero-order chi connectivity index (χ0) is 15.2. The van der Waals surface area contributed by atoms with Gasteiger partial charge in [-0.3, -0.25) is 0 Å². The molecule has 20 heavy (non-hydrogen) atoms. The molecule has 0 heterocycles. The topological polar surface area (TPSA) is 50.4 Å². The number of benzene rings is 1. The molecule has 1 atom stereocenters. The molecule has 4 nitrogen and oxygen atoms in total. The minimum atomic E-state index is -0.506. The number of carbonyl (C=O) groups is 1. The summed E-state index contributed by atoms with van der Waals surface area (Å²) in [5.41, 5.74) is 0.102. The Balaban J connectivity index is 2.29. The maximum absolute atomic E-state index is 13.4. The molecule has 0 saturated heterocycles. The van der Waals surface area contributed by atoms with Gasteiger partial charge in [0.1, 0.15) is 11.4 Å². The summed E-state index contributed by atoms with van der Waals surface area (Å²) in [6.07, 6.45) is -0.447. The normalized spacial score (nSPS) is 12.8. The van der Waals surface area contributed by atoms with Crippen LogP contribution in [0.4, 0.5) is 9.18 Å². The second kappa shape index (κ2) is 7.24. The van der Waals surface area contributed by atoms with E-state index in [1.165, 1.54) is 6.07 Å². The van der Waals surface area contributed by atoms with Crippen molar-refractivity contribution in [2.75, 3.05) is 6.54 Å². The largest absolute Gasteiger partial charge is 0.444 e. The number of hydrogen-bond donors (Lipinski definition) is 2. The number of ether oxygens (including phenoxy) is 1. The Hall–Kier alpha value is -1.62. The number of alkyl carbamates (subject to hydrolysis) is 1. The SMILES string of the molecule is CC(CNC(=O)OC(C)(C)C)NCc1ccccc1F. The van der Waals surface area contributed by atoms with Crippen molar-refractivity contribution < 1.29 is 13.9 Å². The van der Waals surface area contributed by atoms with Crippen LogP contribution in [0.5, 0.6) is 0 Å². The second-order valence-corrected chi connectivity index (χ2v) is 5.76. The fourth-order valence-corrected chi connectivity index (χ4v) is 1.55. The molecule has 0 saturated carbocycles. The van der Waals surface area contributed by atoms with Gasteiger partial charge in [-0.05, 0) is 33.8 Å². The summed E-state index contributed by atoms with van der Waals surface area (Å²) in [6, 6.07) is 6.63. The van der Waals surface area contributed by atoms with Crippen LogP contribution in [0.25, 0.3) is 0 Å².